The van der Waals surface area contributed by atoms with E-state index in [0.717, 1.165) is 6.42 Å². The fraction of sp³-hybridized carbons (Fsp3) is 0.909. The summed E-state index contributed by atoms with van der Waals surface area (Å²) in [6, 6.07) is 0.128. The van der Waals surface area contributed by atoms with Crippen LogP contribution >= 0.6 is 0 Å². The number of carbonyl (C=O) groups is 1. The van der Waals surface area contributed by atoms with Gasteiger partial charge >= 0.3 is 0 Å². The molecule has 0 saturated carbocycles. The van der Waals surface area contributed by atoms with Gasteiger partial charge in [0.15, 0.2) is 0 Å². The highest BCUT2D eigenvalue weighted by Gasteiger charge is 2.14. The maximum absolute atomic E-state index is 11.5. The van der Waals surface area contributed by atoms with E-state index in [2.05, 4.69) is 19.2 Å². The Morgan fingerprint density at radius 1 is 1.38 bits per heavy atom. The SMILES string of the molecule is COCCOCC(=O)NC(CCN)C(C)C. The lowest BCUT2D eigenvalue weighted by molar-refractivity contribution is -0.127. The highest BCUT2D eigenvalue weighted by atomic mass is 16.5. The number of carbonyl (C=O) groups excluding carboxylic acids is 1. The van der Waals surface area contributed by atoms with E-state index in [-0.39, 0.29) is 18.6 Å². The standard InChI is InChI=1S/C11H24N2O3/c1-9(2)10(4-5-12)13-11(14)8-16-7-6-15-3/h9-10H,4-8,12H2,1-3H3,(H,13,14). The van der Waals surface area contributed by atoms with Gasteiger partial charge in [-0.1, -0.05) is 13.8 Å². The molecule has 0 aliphatic heterocycles. The van der Waals surface area contributed by atoms with Gasteiger partial charge in [-0.2, -0.15) is 0 Å². The molecule has 0 fully saturated rings. The van der Waals surface area contributed by atoms with Gasteiger partial charge in [-0.15, -0.1) is 0 Å². The van der Waals surface area contributed by atoms with Crippen LogP contribution in [0.3, 0.4) is 0 Å². The summed E-state index contributed by atoms with van der Waals surface area (Å²) in [5.41, 5.74) is 5.48. The predicted molar refractivity (Wildman–Crippen MR) is 63.1 cm³/mol. The van der Waals surface area contributed by atoms with Crippen LogP contribution in [0.2, 0.25) is 0 Å². The molecule has 0 rings (SSSR count). The van der Waals surface area contributed by atoms with Crippen LogP contribution in [0.1, 0.15) is 20.3 Å². The number of amides is 1. The Kier molecular flexibility index (Phi) is 9.18. The second-order valence-corrected chi connectivity index (χ2v) is 4.04. The van der Waals surface area contributed by atoms with E-state index >= 15 is 0 Å². The van der Waals surface area contributed by atoms with Gasteiger partial charge < -0.3 is 20.5 Å². The number of nitrogens with one attached hydrogen (secondary N) is 1. The van der Waals surface area contributed by atoms with Crippen LogP contribution in [0, 0.1) is 5.92 Å². The number of methoxy groups -OCH3 is 1. The number of hydrogen-bond donors (Lipinski definition) is 2. The fourth-order valence-electron chi connectivity index (χ4n) is 1.31. The van der Waals surface area contributed by atoms with Crippen molar-refractivity contribution in [3.05, 3.63) is 0 Å². The molecule has 0 heterocycles. The molecule has 0 bridgehead atoms. The molecular formula is C11H24N2O3. The van der Waals surface area contributed by atoms with E-state index in [1.807, 2.05) is 0 Å². The zero-order valence-corrected chi connectivity index (χ0v) is 10.5. The normalized spacial score (nSPS) is 12.8. The quantitative estimate of drug-likeness (QED) is 0.555. The molecule has 0 aromatic heterocycles. The average Bonchev–Trinajstić information content (AvgIpc) is 2.23. The van der Waals surface area contributed by atoms with E-state index in [9.17, 15) is 4.79 Å². The maximum Gasteiger partial charge on any atom is 0.246 e. The van der Waals surface area contributed by atoms with Crippen molar-refractivity contribution in [2.45, 2.75) is 26.3 Å². The Morgan fingerprint density at radius 3 is 2.56 bits per heavy atom. The van der Waals surface area contributed by atoms with Crippen LogP contribution in [-0.2, 0) is 14.3 Å². The van der Waals surface area contributed by atoms with Gasteiger partial charge in [-0.3, -0.25) is 4.79 Å². The summed E-state index contributed by atoms with van der Waals surface area (Å²) in [4.78, 5) is 11.5. The van der Waals surface area contributed by atoms with Crippen molar-refractivity contribution >= 4 is 5.91 Å². The predicted octanol–water partition coefficient (Wildman–Crippen LogP) is 0.139. The zero-order valence-electron chi connectivity index (χ0n) is 10.5. The third-order valence-electron chi connectivity index (χ3n) is 2.29. The molecule has 0 aromatic carbocycles. The van der Waals surface area contributed by atoms with Crippen LogP contribution in [0.15, 0.2) is 0 Å². The van der Waals surface area contributed by atoms with Gasteiger partial charge in [0.25, 0.3) is 0 Å². The molecule has 5 nitrogen and oxygen atoms in total. The molecule has 0 aliphatic carbocycles. The third kappa shape index (κ3) is 7.62. The molecule has 1 unspecified atom stereocenters. The summed E-state index contributed by atoms with van der Waals surface area (Å²) < 4.78 is 9.93. The van der Waals surface area contributed by atoms with Crippen molar-refractivity contribution in [1.29, 1.82) is 0 Å². The van der Waals surface area contributed by atoms with Crippen LogP contribution in [0.25, 0.3) is 0 Å². The molecular weight excluding hydrogens is 208 g/mol. The number of hydrogen-bond acceptors (Lipinski definition) is 4. The molecule has 0 radical (unpaired) electrons. The van der Waals surface area contributed by atoms with E-state index in [4.69, 9.17) is 15.2 Å². The molecule has 96 valence electrons. The second kappa shape index (κ2) is 9.57. The minimum atomic E-state index is -0.0942. The lowest BCUT2D eigenvalue weighted by Gasteiger charge is -2.21. The molecule has 0 spiro atoms. The number of rotatable bonds is 9. The fourth-order valence-corrected chi connectivity index (χ4v) is 1.31. The first-order valence-corrected chi connectivity index (χ1v) is 5.68. The van der Waals surface area contributed by atoms with Gasteiger partial charge in [0.2, 0.25) is 5.91 Å². The highest BCUT2D eigenvalue weighted by molar-refractivity contribution is 5.77. The topological polar surface area (TPSA) is 73.6 Å². The minimum Gasteiger partial charge on any atom is -0.382 e. The summed E-state index contributed by atoms with van der Waals surface area (Å²) in [6.45, 7) is 5.72. The first-order chi connectivity index (χ1) is 7.61. The monoisotopic (exact) mass is 232 g/mol. The van der Waals surface area contributed by atoms with E-state index in [1.54, 1.807) is 7.11 Å². The Balaban J connectivity index is 3.73. The lowest BCUT2D eigenvalue weighted by Crippen LogP contribution is -2.41. The van der Waals surface area contributed by atoms with Gasteiger partial charge in [0.1, 0.15) is 6.61 Å². The average molecular weight is 232 g/mol. The first-order valence-electron chi connectivity index (χ1n) is 5.68. The molecule has 1 amide bonds. The Bertz CT molecular complexity index is 186. The molecule has 5 heteroatoms. The summed E-state index contributed by atoms with van der Waals surface area (Å²) >= 11 is 0. The van der Waals surface area contributed by atoms with E-state index in [1.165, 1.54) is 0 Å². The molecule has 16 heavy (non-hydrogen) atoms. The van der Waals surface area contributed by atoms with Crippen molar-refractivity contribution in [1.82, 2.24) is 5.32 Å². The van der Waals surface area contributed by atoms with Crippen LogP contribution in [-0.4, -0.2) is 45.4 Å². The Labute approximate surface area is 97.7 Å². The van der Waals surface area contributed by atoms with Crippen LogP contribution in [0.4, 0.5) is 0 Å². The summed E-state index contributed by atoms with van der Waals surface area (Å²) in [5.74, 6) is 0.287. The highest BCUT2D eigenvalue weighted by Crippen LogP contribution is 2.04. The first kappa shape index (κ1) is 15.3. The lowest BCUT2D eigenvalue weighted by atomic mass is 10.0. The molecule has 1 atom stereocenters. The van der Waals surface area contributed by atoms with Crippen molar-refractivity contribution in [2.24, 2.45) is 11.7 Å². The Hall–Kier alpha value is -0.650. The zero-order chi connectivity index (χ0) is 12.4. The smallest absolute Gasteiger partial charge is 0.246 e. The number of nitrogens with two attached hydrogens (primary N) is 1. The van der Waals surface area contributed by atoms with E-state index in [0.29, 0.717) is 25.7 Å². The van der Waals surface area contributed by atoms with Gasteiger partial charge in [-0.05, 0) is 18.9 Å². The van der Waals surface area contributed by atoms with Crippen LogP contribution in [0.5, 0.6) is 0 Å². The summed E-state index contributed by atoms with van der Waals surface area (Å²) in [5, 5.41) is 2.91. The summed E-state index contributed by atoms with van der Waals surface area (Å²) in [6.07, 6.45) is 0.793. The molecule has 3 N–H and O–H groups in total. The second-order valence-electron chi connectivity index (χ2n) is 4.04. The van der Waals surface area contributed by atoms with Crippen molar-refractivity contribution in [2.75, 3.05) is 33.5 Å². The third-order valence-corrected chi connectivity index (χ3v) is 2.29. The largest absolute Gasteiger partial charge is 0.382 e. The van der Waals surface area contributed by atoms with Crippen LogP contribution < -0.4 is 11.1 Å². The van der Waals surface area contributed by atoms with Crippen molar-refractivity contribution < 1.29 is 14.3 Å². The van der Waals surface area contributed by atoms with Gasteiger partial charge in [0, 0.05) is 13.2 Å². The van der Waals surface area contributed by atoms with Gasteiger partial charge in [0.05, 0.1) is 13.2 Å². The summed E-state index contributed by atoms with van der Waals surface area (Å²) in [7, 11) is 1.60. The molecule has 0 aliphatic rings. The Morgan fingerprint density at radius 2 is 2.06 bits per heavy atom. The van der Waals surface area contributed by atoms with Crippen molar-refractivity contribution in [3.63, 3.8) is 0 Å². The van der Waals surface area contributed by atoms with E-state index < -0.39 is 0 Å². The minimum absolute atomic E-state index is 0.0805. The van der Waals surface area contributed by atoms with Gasteiger partial charge in [-0.25, -0.2) is 0 Å². The van der Waals surface area contributed by atoms with Crippen molar-refractivity contribution in [3.8, 4) is 0 Å². The maximum atomic E-state index is 11.5. The number of ether oxygens (including phenoxy) is 2. The molecule has 0 saturated heterocycles. The molecule has 0 aromatic rings.